The molecule has 0 bridgehead atoms. The molecule has 70 heavy (non-hydrogen) atoms. The number of hydrogen-bond acceptors (Lipinski definition) is 4. The SMILES string of the molecule is [2H]c1c([2H])c([2H])c2c(oc3c([2H])c4c5c([2H])c([2H])c([2H])c([2H])c5n(-c5cc(-n6c7c([2H])c([2H])c([2H])c([2H])c7c7c([2H])c8oc9c([2H])c([2H])c([2H])c([2H])c9c8c([2H])c76)c([N+]#[C-])c(-n6c7c([2H])c([2H])c([2H])c([2H])c7c7c([2H])c8oc9c([2H])c([2H])c([2H])c([2H])c9c8c([2H])c76)c5C#N)c4c([2H])c32)c1[2H]. The highest BCUT2D eigenvalue weighted by atomic mass is 16.3. The summed E-state index contributed by atoms with van der Waals surface area (Å²) in [7, 11) is 0. The molecule has 8 heteroatoms. The van der Waals surface area contributed by atoms with E-state index >= 15 is 0 Å². The van der Waals surface area contributed by atoms with Gasteiger partial charge in [-0.3, -0.25) is 0 Å². The second-order valence-electron chi connectivity index (χ2n) is 15.8. The Morgan fingerprint density at radius 2 is 0.743 bits per heavy atom. The predicted molar refractivity (Wildman–Crippen MR) is 282 cm³/mol. The van der Waals surface area contributed by atoms with Crippen LogP contribution in [0.1, 0.15) is 46.7 Å². The normalized spacial score (nSPS) is 18.3. The minimum atomic E-state index is -1.02. The minimum Gasteiger partial charge on any atom is -0.456 e. The molecule has 0 aliphatic rings. The molecular formula is C62H31N5O3. The first-order valence-corrected chi connectivity index (χ1v) is 20.7. The lowest BCUT2D eigenvalue weighted by atomic mass is 10.0. The number of nitriles is 1. The molecule has 0 spiro atoms. The highest BCUT2D eigenvalue weighted by molar-refractivity contribution is 6.21. The van der Waals surface area contributed by atoms with E-state index in [0.29, 0.717) is 0 Å². The lowest BCUT2D eigenvalue weighted by Crippen LogP contribution is -2.08. The summed E-state index contributed by atoms with van der Waals surface area (Å²) in [6, 6.07) is -23.4. The van der Waals surface area contributed by atoms with E-state index in [1.807, 2.05) is 6.07 Å². The van der Waals surface area contributed by atoms with Crippen LogP contribution in [0.15, 0.2) is 201 Å². The fraction of sp³-hybridized carbons (Fsp3) is 0. The van der Waals surface area contributed by atoms with Gasteiger partial charge in [0, 0.05) is 64.6 Å². The van der Waals surface area contributed by atoms with E-state index in [2.05, 4.69) is 4.85 Å². The summed E-state index contributed by atoms with van der Waals surface area (Å²) < 4.78 is 300. The van der Waals surface area contributed by atoms with Crippen LogP contribution < -0.4 is 0 Å². The van der Waals surface area contributed by atoms with Crippen LogP contribution in [0.5, 0.6) is 0 Å². The number of furan rings is 3. The van der Waals surface area contributed by atoms with Crippen molar-refractivity contribution in [2.45, 2.75) is 0 Å². The smallest absolute Gasteiger partial charge is 0.235 e. The van der Waals surface area contributed by atoms with Crippen molar-refractivity contribution in [2.24, 2.45) is 0 Å². The zero-order valence-corrected chi connectivity index (χ0v) is 34.5. The molecule has 6 aromatic heterocycles. The van der Waals surface area contributed by atoms with Gasteiger partial charge in [0.2, 0.25) is 5.69 Å². The van der Waals surface area contributed by atoms with Crippen molar-refractivity contribution in [3.05, 3.63) is 204 Å². The molecule has 0 atom stereocenters. The van der Waals surface area contributed by atoms with Gasteiger partial charge in [-0.15, -0.1) is 0 Å². The number of benzene rings is 10. The standard InChI is InChI=1S/C62H31N5O3/c1-64-61-54(66-48-21-9-3-15-35(48)41-30-59-44(27-51(41)66)38-18-6-12-24-56(38)69-59)32-53(65-47-20-8-2-14-34(47)40-29-58-43(26-50(40)65)37-17-5-11-23-55(37)68-58)46(33-63)62(61)67-49-22-10-4-16-36(49)42-31-60-45(28-52(42)67)39-19-7-13-25-57(39)70-60/h2-32H/i2D,3D,4D,5D,6D,7D,8D,9D,10D,11D,12D,13D,14D,15D,16D,17D,18D,19D,20D,21D,22D,23D,24D,25D,26D,27D,28D,29D,30D,31D. The molecule has 0 unspecified atom stereocenters. The number of rotatable bonds is 3. The van der Waals surface area contributed by atoms with Gasteiger partial charge >= 0.3 is 0 Å². The number of aromatic nitrogens is 3. The summed E-state index contributed by atoms with van der Waals surface area (Å²) in [5, 5.41) is 5.70. The number of para-hydroxylation sites is 6. The second kappa shape index (κ2) is 13.3. The second-order valence-corrected chi connectivity index (χ2v) is 15.8. The summed E-state index contributed by atoms with van der Waals surface area (Å²) in [6.45, 7) is 9.48. The van der Waals surface area contributed by atoms with Crippen molar-refractivity contribution in [3.8, 4) is 23.1 Å². The molecule has 16 aromatic rings. The fourth-order valence-electron chi connectivity index (χ4n) is 9.61. The molecule has 0 fully saturated rings. The maximum Gasteiger partial charge on any atom is 0.235 e. The highest BCUT2D eigenvalue weighted by Gasteiger charge is 2.30. The molecule has 10 aromatic carbocycles. The van der Waals surface area contributed by atoms with Crippen LogP contribution in [-0.4, -0.2) is 13.7 Å². The molecule has 0 radical (unpaired) electrons. The Balaban J connectivity index is 1.26. The van der Waals surface area contributed by atoms with Crippen LogP contribution in [0.4, 0.5) is 5.69 Å². The third-order valence-electron chi connectivity index (χ3n) is 12.4. The number of fused-ring (bicyclic) bond motifs is 18. The molecule has 322 valence electrons. The van der Waals surface area contributed by atoms with Crippen molar-refractivity contribution < 1.29 is 54.4 Å². The Hall–Kier alpha value is -10.0. The van der Waals surface area contributed by atoms with Gasteiger partial charge in [0.05, 0.1) is 103 Å². The monoisotopic (exact) mass is 923 g/mol. The topological polar surface area (TPSA) is 82.4 Å². The Morgan fingerprint density at radius 3 is 1.16 bits per heavy atom. The first-order chi connectivity index (χ1) is 47.2. The Morgan fingerprint density at radius 1 is 0.386 bits per heavy atom. The predicted octanol–water partition coefficient (Wildman–Crippen LogP) is 17.1. The van der Waals surface area contributed by atoms with E-state index in [9.17, 15) is 32.4 Å². The van der Waals surface area contributed by atoms with Gasteiger partial charge in [-0.05, 0) is 78.6 Å². The van der Waals surface area contributed by atoms with Crippen LogP contribution in [0, 0.1) is 17.9 Å². The Kier molecular flexibility index (Phi) is 3.60. The summed E-state index contributed by atoms with van der Waals surface area (Å²) >= 11 is 0. The van der Waals surface area contributed by atoms with E-state index in [1.165, 1.54) is 0 Å². The van der Waals surface area contributed by atoms with Gasteiger partial charge in [0.25, 0.3) is 0 Å². The molecule has 8 nitrogen and oxygen atoms in total. The van der Waals surface area contributed by atoms with Crippen LogP contribution >= 0.6 is 0 Å². The van der Waals surface area contributed by atoms with Gasteiger partial charge in [0.15, 0.2) is 0 Å². The third kappa shape index (κ3) is 4.71. The molecule has 0 amide bonds. The van der Waals surface area contributed by atoms with Crippen molar-refractivity contribution in [1.29, 1.82) is 5.26 Å². The number of nitrogens with zero attached hydrogens (tertiary/aromatic N) is 5. The van der Waals surface area contributed by atoms with Gasteiger partial charge < -0.3 is 27.0 Å². The van der Waals surface area contributed by atoms with E-state index in [4.69, 9.17) is 33.8 Å². The molecule has 0 aliphatic heterocycles. The van der Waals surface area contributed by atoms with E-state index in [0.717, 1.165) is 19.8 Å². The van der Waals surface area contributed by atoms with Crippen molar-refractivity contribution >= 4 is 137 Å². The largest absolute Gasteiger partial charge is 0.456 e. The zero-order chi connectivity index (χ0) is 72.0. The molecule has 6 heterocycles. The number of hydrogen-bond donors (Lipinski definition) is 0. The maximum atomic E-state index is 12.4. The minimum absolute atomic E-state index is 0.488. The van der Waals surface area contributed by atoms with Crippen molar-refractivity contribution in [1.82, 2.24) is 13.7 Å². The van der Waals surface area contributed by atoms with Gasteiger partial charge in [-0.2, -0.15) is 5.26 Å². The third-order valence-corrected chi connectivity index (χ3v) is 12.4. The Labute approximate surface area is 437 Å². The summed E-state index contributed by atoms with van der Waals surface area (Å²) in [4.78, 5) is 3.98. The van der Waals surface area contributed by atoms with E-state index in [1.54, 1.807) is 0 Å². The van der Waals surface area contributed by atoms with E-state index in [-0.39, 0.29) is 0 Å². The summed E-state index contributed by atoms with van der Waals surface area (Å²) in [5.74, 6) is 0. The van der Waals surface area contributed by atoms with Crippen LogP contribution in [0.2, 0.25) is 0 Å². The van der Waals surface area contributed by atoms with Crippen LogP contribution in [0.25, 0.3) is 153 Å². The summed E-state index contributed by atoms with van der Waals surface area (Å²) in [5.41, 5.74) is -12.3. The molecule has 0 saturated heterocycles. The average molecular weight is 924 g/mol. The molecule has 16 rings (SSSR count). The van der Waals surface area contributed by atoms with E-state index < -0.39 is 341 Å². The fourth-order valence-corrected chi connectivity index (χ4v) is 9.61. The highest BCUT2D eigenvalue weighted by Crippen LogP contribution is 2.49. The average Bonchev–Trinajstić information content (AvgIpc) is 1.51. The van der Waals surface area contributed by atoms with Gasteiger partial charge in [-0.25, -0.2) is 4.85 Å². The van der Waals surface area contributed by atoms with Crippen LogP contribution in [-0.2, 0) is 0 Å². The maximum absolute atomic E-state index is 12.4. The lowest BCUT2D eigenvalue weighted by Gasteiger charge is -2.21. The first-order valence-electron chi connectivity index (χ1n) is 35.7. The molecule has 0 N–H and O–H groups in total. The van der Waals surface area contributed by atoms with Gasteiger partial charge in [0.1, 0.15) is 39.6 Å². The summed E-state index contributed by atoms with van der Waals surface area (Å²) in [6.07, 6.45) is 0. The van der Waals surface area contributed by atoms with Crippen molar-refractivity contribution in [3.63, 3.8) is 0 Å². The first kappa shape index (κ1) is 18.9. The molecular weight excluding hydrogens is 863 g/mol. The van der Waals surface area contributed by atoms with Gasteiger partial charge in [-0.1, -0.05) is 109 Å². The lowest BCUT2D eigenvalue weighted by molar-refractivity contribution is 0.669. The van der Waals surface area contributed by atoms with Crippen molar-refractivity contribution in [2.75, 3.05) is 0 Å². The Bertz CT molecular complexity index is 6660. The molecule has 0 aliphatic carbocycles. The quantitative estimate of drug-likeness (QED) is 0.165. The molecule has 0 saturated carbocycles. The van der Waals surface area contributed by atoms with Crippen LogP contribution in [0.3, 0.4) is 0 Å². The zero-order valence-electron chi connectivity index (χ0n) is 64.5.